The molecule has 0 aliphatic rings. The Labute approximate surface area is 116 Å². The van der Waals surface area contributed by atoms with Crippen molar-refractivity contribution < 1.29 is 18.0 Å². The van der Waals surface area contributed by atoms with Crippen molar-refractivity contribution in [2.45, 2.75) is 12.7 Å². The van der Waals surface area contributed by atoms with E-state index in [9.17, 15) is 22.8 Å². The van der Waals surface area contributed by atoms with E-state index in [4.69, 9.17) is 0 Å². The summed E-state index contributed by atoms with van der Waals surface area (Å²) in [6, 6.07) is 1.75. The topological polar surface area (TPSA) is 68.9 Å². The van der Waals surface area contributed by atoms with Crippen LogP contribution in [0.3, 0.4) is 0 Å². The van der Waals surface area contributed by atoms with E-state index in [2.05, 4.69) is 10.4 Å². The summed E-state index contributed by atoms with van der Waals surface area (Å²) in [7, 11) is 1.65. The number of amides is 1. The van der Waals surface area contributed by atoms with E-state index >= 15 is 0 Å². The molecule has 112 valence electrons. The summed E-state index contributed by atoms with van der Waals surface area (Å²) in [6.07, 6.45) is -0.722. The summed E-state index contributed by atoms with van der Waals surface area (Å²) < 4.78 is 39.9. The Bertz CT molecular complexity index is 718. The van der Waals surface area contributed by atoms with Crippen molar-refractivity contribution in [2.75, 3.05) is 5.32 Å². The first-order chi connectivity index (χ1) is 9.77. The van der Waals surface area contributed by atoms with Gasteiger partial charge >= 0.3 is 6.18 Å². The first-order valence-corrected chi connectivity index (χ1v) is 5.82. The second kappa shape index (κ2) is 5.43. The minimum absolute atomic E-state index is 0.391. The highest BCUT2D eigenvalue weighted by Gasteiger charge is 2.34. The highest BCUT2D eigenvalue weighted by atomic mass is 19.4. The van der Waals surface area contributed by atoms with Gasteiger partial charge in [-0.15, -0.1) is 0 Å². The van der Waals surface area contributed by atoms with Gasteiger partial charge < -0.3 is 9.88 Å². The zero-order chi connectivity index (χ0) is 15.6. The molecule has 0 bridgehead atoms. The average molecular weight is 300 g/mol. The number of aromatic nitrogens is 3. The van der Waals surface area contributed by atoms with Gasteiger partial charge in [-0.05, 0) is 12.1 Å². The van der Waals surface area contributed by atoms with Gasteiger partial charge in [0.25, 0.3) is 5.56 Å². The van der Waals surface area contributed by atoms with Crippen LogP contribution in [0, 0.1) is 0 Å². The third-order valence-corrected chi connectivity index (χ3v) is 2.63. The molecule has 0 saturated carbocycles. The van der Waals surface area contributed by atoms with Crippen molar-refractivity contribution >= 4 is 11.6 Å². The van der Waals surface area contributed by atoms with Crippen LogP contribution in [0.2, 0.25) is 0 Å². The van der Waals surface area contributed by atoms with E-state index in [1.807, 2.05) is 0 Å². The quantitative estimate of drug-likeness (QED) is 0.927. The van der Waals surface area contributed by atoms with Crippen molar-refractivity contribution in [2.24, 2.45) is 7.05 Å². The van der Waals surface area contributed by atoms with Crippen molar-refractivity contribution in [1.82, 2.24) is 14.3 Å². The summed E-state index contributed by atoms with van der Waals surface area (Å²) in [5.41, 5.74) is -2.17. The molecule has 9 heteroatoms. The Morgan fingerprint density at radius 2 is 2.14 bits per heavy atom. The molecule has 0 radical (unpaired) electrons. The molecule has 0 aliphatic carbocycles. The lowest BCUT2D eigenvalue weighted by Crippen LogP contribution is -2.31. The number of anilines is 1. The summed E-state index contributed by atoms with van der Waals surface area (Å²) >= 11 is 0. The van der Waals surface area contributed by atoms with Crippen LogP contribution in [0.4, 0.5) is 18.9 Å². The lowest BCUT2D eigenvalue weighted by molar-refractivity contribution is -0.139. The predicted molar refractivity (Wildman–Crippen MR) is 67.5 cm³/mol. The van der Waals surface area contributed by atoms with Crippen LogP contribution in [0.1, 0.15) is 5.56 Å². The molecule has 2 aromatic heterocycles. The Balaban J connectivity index is 2.16. The number of rotatable bonds is 3. The largest absolute Gasteiger partial charge is 0.421 e. The normalized spacial score (nSPS) is 11.4. The molecule has 0 fully saturated rings. The van der Waals surface area contributed by atoms with Crippen LogP contribution in [-0.4, -0.2) is 20.3 Å². The monoisotopic (exact) mass is 300 g/mol. The summed E-state index contributed by atoms with van der Waals surface area (Å²) in [5.74, 6) is -0.621. The second-order valence-electron chi connectivity index (χ2n) is 4.30. The lowest BCUT2D eigenvalue weighted by atomic mass is 10.2. The third-order valence-electron chi connectivity index (χ3n) is 2.63. The van der Waals surface area contributed by atoms with Crippen LogP contribution in [0.25, 0.3) is 0 Å². The van der Waals surface area contributed by atoms with E-state index in [1.165, 1.54) is 17.1 Å². The van der Waals surface area contributed by atoms with Crippen molar-refractivity contribution in [3.63, 3.8) is 0 Å². The number of nitrogens with one attached hydrogen (secondary N) is 1. The molecule has 1 N–H and O–H groups in total. The van der Waals surface area contributed by atoms with Gasteiger partial charge in [-0.3, -0.25) is 14.3 Å². The van der Waals surface area contributed by atoms with E-state index in [-0.39, 0.29) is 0 Å². The van der Waals surface area contributed by atoms with Gasteiger partial charge in [-0.2, -0.15) is 18.3 Å². The number of hydrogen-bond donors (Lipinski definition) is 1. The lowest BCUT2D eigenvalue weighted by Gasteiger charge is -2.10. The Kier molecular flexibility index (Phi) is 3.83. The third kappa shape index (κ3) is 3.50. The molecule has 0 unspecified atom stereocenters. The van der Waals surface area contributed by atoms with Gasteiger partial charge in [0.2, 0.25) is 5.91 Å². The average Bonchev–Trinajstić information content (AvgIpc) is 2.75. The second-order valence-corrected chi connectivity index (χ2v) is 4.30. The first-order valence-electron chi connectivity index (χ1n) is 5.82. The Hall–Kier alpha value is -2.58. The Morgan fingerprint density at radius 3 is 2.71 bits per heavy atom. The number of carbonyl (C=O) groups excluding carboxylic acids is 1. The highest BCUT2D eigenvalue weighted by molar-refractivity contribution is 5.90. The maximum atomic E-state index is 12.6. The van der Waals surface area contributed by atoms with Crippen LogP contribution in [0.5, 0.6) is 0 Å². The number of nitrogens with zero attached hydrogens (tertiary/aromatic N) is 3. The molecule has 2 aromatic rings. The molecule has 1 amide bonds. The van der Waals surface area contributed by atoms with Crippen molar-refractivity contribution in [1.29, 1.82) is 0 Å². The smallest absolute Gasteiger partial charge is 0.322 e. The van der Waals surface area contributed by atoms with Crippen LogP contribution < -0.4 is 10.9 Å². The zero-order valence-electron chi connectivity index (χ0n) is 10.9. The minimum Gasteiger partial charge on any atom is -0.322 e. The highest BCUT2D eigenvalue weighted by Crippen LogP contribution is 2.25. The van der Waals surface area contributed by atoms with E-state index in [0.29, 0.717) is 16.3 Å². The molecule has 0 saturated heterocycles. The number of halogens is 3. The van der Waals surface area contributed by atoms with Crippen LogP contribution >= 0.6 is 0 Å². The van der Waals surface area contributed by atoms with Crippen molar-refractivity contribution in [3.05, 3.63) is 46.6 Å². The minimum atomic E-state index is -4.75. The van der Waals surface area contributed by atoms with E-state index < -0.39 is 29.8 Å². The van der Waals surface area contributed by atoms with Gasteiger partial charge in [-0.25, -0.2) is 0 Å². The molecule has 21 heavy (non-hydrogen) atoms. The Morgan fingerprint density at radius 1 is 1.43 bits per heavy atom. The van der Waals surface area contributed by atoms with Gasteiger partial charge in [-0.1, -0.05) is 0 Å². The molecule has 2 heterocycles. The van der Waals surface area contributed by atoms with Crippen molar-refractivity contribution in [3.8, 4) is 0 Å². The molecule has 6 nitrogen and oxygen atoms in total. The molecule has 0 atom stereocenters. The molecular formula is C12H11F3N4O2. The maximum absolute atomic E-state index is 12.6. The summed E-state index contributed by atoms with van der Waals surface area (Å²) in [4.78, 5) is 23.4. The fraction of sp³-hybridized carbons (Fsp3) is 0.250. The predicted octanol–water partition coefficient (Wildman–Crippen LogP) is 1.24. The van der Waals surface area contributed by atoms with E-state index in [0.717, 1.165) is 12.3 Å². The number of hydrogen-bond acceptors (Lipinski definition) is 3. The maximum Gasteiger partial charge on any atom is 0.421 e. The van der Waals surface area contributed by atoms with Crippen LogP contribution in [-0.2, 0) is 24.6 Å². The SMILES string of the molecule is Cn1cc(NC(=O)Cn2cccc(C(F)(F)F)c2=O)cn1. The molecule has 0 spiro atoms. The van der Waals surface area contributed by atoms with E-state index in [1.54, 1.807) is 7.05 Å². The van der Waals surface area contributed by atoms with Gasteiger partial charge in [0.05, 0.1) is 11.9 Å². The number of aryl methyl sites for hydroxylation is 1. The molecule has 2 rings (SSSR count). The van der Waals surface area contributed by atoms with Gasteiger partial charge in [0.1, 0.15) is 12.1 Å². The summed E-state index contributed by atoms with van der Waals surface area (Å²) in [5, 5.41) is 6.26. The standard InChI is InChI=1S/C12H11F3N4O2/c1-18-6-8(5-16-18)17-10(20)7-19-4-2-3-9(11(19)21)12(13,14)15/h2-6H,7H2,1H3,(H,17,20). The van der Waals surface area contributed by atoms with Crippen LogP contribution in [0.15, 0.2) is 35.5 Å². The fourth-order valence-corrected chi connectivity index (χ4v) is 1.72. The van der Waals surface area contributed by atoms with Gasteiger partial charge in [0.15, 0.2) is 0 Å². The number of alkyl halides is 3. The first kappa shape index (κ1) is 14.8. The number of pyridine rings is 1. The zero-order valence-corrected chi connectivity index (χ0v) is 10.9. The summed E-state index contributed by atoms with van der Waals surface area (Å²) in [6.45, 7) is -0.516. The number of carbonyl (C=O) groups is 1. The molecule has 0 aliphatic heterocycles. The molecule has 0 aromatic carbocycles. The molecular weight excluding hydrogens is 289 g/mol. The van der Waals surface area contributed by atoms with Gasteiger partial charge in [0, 0.05) is 19.4 Å². The fourth-order valence-electron chi connectivity index (χ4n) is 1.72.